The second kappa shape index (κ2) is 47.8. The second-order valence-corrected chi connectivity index (χ2v) is 19.6. The van der Waals surface area contributed by atoms with E-state index in [1.807, 2.05) is 0 Å². The summed E-state index contributed by atoms with van der Waals surface area (Å²) in [6, 6.07) is -11.6. The Hall–Kier alpha value is -6.64. The highest BCUT2D eigenvalue weighted by Gasteiger charge is 2.34. The molecule has 0 aromatic rings. The molecule has 0 saturated carbocycles. The Kier molecular flexibility index (Phi) is 44.0. The Morgan fingerprint density at radius 3 is 1.11 bits per heavy atom. The van der Waals surface area contributed by atoms with Crippen LogP contribution < -0.4 is 53.6 Å². The number of carbonyl (C=O) groups excluding carboxylic acids is 9. The number of likely N-dealkylation sites (N-methyl/N-ethyl adjacent to an activating group) is 1. The number of aliphatic carboxylic acids is 3. The van der Waals surface area contributed by atoms with Crippen LogP contribution in [-0.4, -0.2) is 222 Å². The molecular weight excluding hydrogens is 1100 g/mol. The van der Waals surface area contributed by atoms with Crippen molar-refractivity contribution in [1.29, 1.82) is 0 Å². The number of aliphatic hydroxyl groups excluding tert-OH is 4. The Morgan fingerprint density at radius 2 is 0.711 bits per heavy atom. The smallest absolute Gasteiger partial charge is 0.303 e. The summed E-state index contributed by atoms with van der Waals surface area (Å²) in [5.74, 6) is -12.1. The highest BCUT2D eigenvalue weighted by Crippen LogP contribution is 2.14. The average molecular weight is 1190 g/mol. The number of rotatable bonds is 53. The number of carbonyl (C=O) groups is 12. The molecule has 0 bridgehead atoms. The van der Waals surface area contributed by atoms with Crippen LogP contribution in [0.5, 0.6) is 0 Å². The van der Waals surface area contributed by atoms with Gasteiger partial charge in [0.1, 0.15) is 48.9 Å². The zero-order valence-electron chi connectivity index (χ0n) is 47.6. The van der Waals surface area contributed by atoms with E-state index in [4.69, 9.17) is 20.3 Å². The standard InChI is InChI=1S/C52H92N10O21/c1-54-37(29-63)49(78)61-39(31-65)51(80)59-35(20-22-44(71)72)47(76)58-36(21-23-45(73)74)48(77)60-40(32-66)52(81)62-38(30-64)50(79)57-34(46(53)75)17-15-16-24-55-42(68)33-83-28-27-82-26-25-56-41(67)18-13-11-9-7-5-3-2-4-6-8-10-12-14-19-43(69)70/h34-40,54,63-66H,2-33H2,1H3,(H2,53,75)(H,55,68)(H,56,67)(H,57,79)(H,58,76)(H,59,80)(H,60,77)(H,61,78)(H,62,81)(H,69,70)(H,71,72)(H,73,74)/t34-,35-,36-,37-,38-,39-,40-/m0/s1. The minimum atomic E-state index is -1.92. The number of unbranched alkanes of at least 4 members (excludes halogenated alkanes) is 13. The minimum Gasteiger partial charge on any atom is -0.481 e. The number of primary amides is 1. The van der Waals surface area contributed by atoms with E-state index in [9.17, 15) is 88.2 Å². The molecule has 18 N–H and O–H groups in total. The third-order valence-corrected chi connectivity index (χ3v) is 12.7. The molecule has 9 amide bonds. The first kappa shape index (κ1) is 76.4. The number of ether oxygens (including phenoxy) is 2. The molecule has 0 aliphatic heterocycles. The lowest BCUT2D eigenvalue weighted by Gasteiger charge is -2.26. The van der Waals surface area contributed by atoms with Gasteiger partial charge < -0.3 is 98.8 Å². The molecular formula is C52H92N10O21. The number of nitrogens with two attached hydrogens (primary N) is 1. The fraction of sp³-hybridized carbons (Fsp3) is 0.769. The summed E-state index contributed by atoms with van der Waals surface area (Å²) in [6.45, 7) is -3.16. The number of carboxylic acids is 3. The van der Waals surface area contributed by atoms with Crippen LogP contribution in [-0.2, 0) is 67.0 Å². The van der Waals surface area contributed by atoms with Crippen molar-refractivity contribution in [2.75, 3.05) is 73.0 Å². The van der Waals surface area contributed by atoms with Gasteiger partial charge in [0.25, 0.3) is 0 Å². The van der Waals surface area contributed by atoms with E-state index < -0.39 is 160 Å². The van der Waals surface area contributed by atoms with Crippen molar-refractivity contribution in [2.45, 2.75) is 184 Å². The summed E-state index contributed by atoms with van der Waals surface area (Å²) in [7, 11) is 1.32. The highest BCUT2D eigenvalue weighted by atomic mass is 16.5. The van der Waals surface area contributed by atoms with Gasteiger partial charge in [-0.2, -0.15) is 0 Å². The topological polar surface area (TPSA) is 499 Å². The van der Waals surface area contributed by atoms with Crippen LogP contribution in [0.15, 0.2) is 0 Å². The van der Waals surface area contributed by atoms with Crippen LogP contribution in [0, 0.1) is 0 Å². The molecule has 0 aliphatic rings. The SMILES string of the molecule is CN[C@@H](CO)C(=O)N[C@@H](CO)C(=O)N[C@@H](CCC(=O)O)C(=O)N[C@@H](CCC(=O)O)C(=O)N[C@@H](CO)C(=O)N[C@@H](CO)C(=O)N[C@@H](CCCCNC(=O)COCCOCCNC(=O)CCCCCCCCCCCCCCCC(=O)O)C(N)=O. The van der Waals surface area contributed by atoms with E-state index in [1.54, 1.807) is 0 Å². The monoisotopic (exact) mass is 1190 g/mol. The molecule has 0 unspecified atom stereocenters. The molecule has 0 heterocycles. The third kappa shape index (κ3) is 38.7. The van der Waals surface area contributed by atoms with Crippen LogP contribution in [0.2, 0.25) is 0 Å². The van der Waals surface area contributed by atoms with Gasteiger partial charge in [-0.1, -0.05) is 70.6 Å². The zero-order chi connectivity index (χ0) is 62.4. The molecule has 0 aliphatic carbocycles. The summed E-state index contributed by atoms with van der Waals surface area (Å²) in [5.41, 5.74) is 5.48. The molecule has 0 aromatic carbocycles. The van der Waals surface area contributed by atoms with Crippen molar-refractivity contribution >= 4 is 71.1 Å². The van der Waals surface area contributed by atoms with Crippen molar-refractivity contribution in [2.24, 2.45) is 5.73 Å². The summed E-state index contributed by atoms with van der Waals surface area (Å²) in [4.78, 5) is 149. The van der Waals surface area contributed by atoms with Crippen molar-refractivity contribution in [1.82, 2.24) is 47.9 Å². The lowest BCUT2D eigenvalue weighted by atomic mass is 10.0. The number of aliphatic hydroxyl groups is 4. The Labute approximate surface area is 482 Å². The first-order valence-electron chi connectivity index (χ1n) is 28.2. The number of hydrogen-bond donors (Lipinski definition) is 17. The van der Waals surface area contributed by atoms with E-state index in [0.717, 1.165) is 51.4 Å². The molecule has 476 valence electrons. The third-order valence-electron chi connectivity index (χ3n) is 12.7. The second-order valence-electron chi connectivity index (χ2n) is 19.6. The van der Waals surface area contributed by atoms with Crippen molar-refractivity contribution in [3.8, 4) is 0 Å². The molecule has 31 heteroatoms. The maximum atomic E-state index is 13.4. The molecule has 0 rings (SSSR count). The lowest BCUT2D eigenvalue weighted by molar-refractivity contribution is -0.140. The average Bonchev–Trinajstić information content (AvgIpc) is 3.44. The van der Waals surface area contributed by atoms with Crippen LogP contribution in [0.1, 0.15) is 141 Å². The van der Waals surface area contributed by atoms with Crippen LogP contribution in [0.4, 0.5) is 0 Å². The maximum Gasteiger partial charge on any atom is 0.303 e. The number of amides is 9. The first-order chi connectivity index (χ1) is 39.6. The summed E-state index contributed by atoms with van der Waals surface area (Å²) in [6.07, 6.45) is 12.5. The molecule has 0 aromatic heterocycles. The number of hydrogen-bond acceptors (Lipinski definition) is 19. The van der Waals surface area contributed by atoms with Crippen molar-refractivity contribution < 1.29 is 103 Å². The molecule has 0 fully saturated rings. The zero-order valence-corrected chi connectivity index (χ0v) is 47.6. The van der Waals surface area contributed by atoms with Gasteiger partial charge in [-0.3, -0.25) is 57.5 Å². The fourth-order valence-electron chi connectivity index (χ4n) is 7.87. The molecule has 31 nitrogen and oxygen atoms in total. The van der Waals surface area contributed by atoms with Gasteiger partial charge in [0.05, 0.1) is 46.2 Å². The largest absolute Gasteiger partial charge is 0.481 e. The van der Waals surface area contributed by atoms with E-state index in [1.165, 1.54) is 39.2 Å². The number of nitrogens with one attached hydrogen (secondary N) is 9. The van der Waals surface area contributed by atoms with Crippen molar-refractivity contribution in [3.63, 3.8) is 0 Å². The quantitative estimate of drug-likeness (QED) is 0.0258. The normalized spacial score (nSPS) is 13.6. The summed E-state index contributed by atoms with van der Waals surface area (Å²) < 4.78 is 10.8. The van der Waals surface area contributed by atoms with Gasteiger partial charge in [0.2, 0.25) is 53.2 Å². The molecule has 0 radical (unpaired) electrons. The van der Waals surface area contributed by atoms with Gasteiger partial charge in [-0.05, 0) is 52.0 Å². The fourth-order valence-corrected chi connectivity index (χ4v) is 7.87. The van der Waals surface area contributed by atoms with Gasteiger partial charge >= 0.3 is 17.9 Å². The lowest BCUT2D eigenvalue weighted by Crippen LogP contribution is -2.61. The molecule has 0 saturated heterocycles. The number of carboxylic acid groups (broad SMARTS) is 3. The van der Waals surface area contributed by atoms with E-state index in [0.29, 0.717) is 19.4 Å². The van der Waals surface area contributed by atoms with Crippen molar-refractivity contribution in [3.05, 3.63) is 0 Å². The molecule has 0 spiro atoms. The van der Waals surface area contributed by atoms with Gasteiger partial charge in [-0.15, -0.1) is 0 Å². The summed E-state index contributed by atoms with van der Waals surface area (Å²) >= 11 is 0. The highest BCUT2D eigenvalue weighted by molar-refractivity contribution is 5.97. The Balaban J connectivity index is 4.83. The van der Waals surface area contributed by atoms with Crippen LogP contribution in [0.25, 0.3) is 0 Å². The predicted molar refractivity (Wildman–Crippen MR) is 294 cm³/mol. The Bertz CT molecular complexity index is 1980. The minimum absolute atomic E-state index is 0.0404. The Morgan fingerprint density at radius 1 is 0.361 bits per heavy atom. The predicted octanol–water partition coefficient (Wildman–Crippen LogP) is -3.96. The van der Waals surface area contributed by atoms with Gasteiger partial charge in [-0.25, -0.2) is 0 Å². The van der Waals surface area contributed by atoms with Gasteiger partial charge in [0.15, 0.2) is 0 Å². The molecule has 83 heavy (non-hydrogen) atoms. The van der Waals surface area contributed by atoms with E-state index >= 15 is 0 Å². The van der Waals surface area contributed by atoms with E-state index in [-0.39, 0.29) is 58.1 Å². The summed E-state index contributed by atoms with van der Waals surface area (Å²) in [5, 5.41) is 87.1. The maximum absolute atomic E-state index is 13.4. The molecule has 7 atom stereocenters. The van der Waals surface area contributed by atoms with E-state index in [2.05, 4.69) is 47.9 Å². The van der Waals surface area contributed by atoms with Crippen LogP contribution >= 0.6 is 0 Å². The van der Waals surface area contributed by atoms with Crippen LogP contribution in [0.3, 0.4) is 0 Å². The first-order valence-corrected chi connectivity index (χ1v) is 28.2. The van der Waals surface area contributed by atoms with Gasteiger partial charge in [0, 0.05) is 38.8 Å².